The summed E-state index contributed by atoms with van der Waals surface area (Å²) in [4.78, 5) is 13.7. The van der Waals surface area contributed by atoms with E-state index in [0.29, 0.717) is 24.9 Å². The van der Waals surface area contributed by atoms with Gasteiger partial charge in [0.1, 0.15) is 11.6 Å². The second-order valence-electron chi connectivity index (χ2n) is 5.16. The normalized spacial score (nSPS) is 22.3. The smallest absolute Gasteiger partial charge is 0.256 e. The van der Waals surface area contributed by atoms with E-state index in [1.807, 2.05) is 13.8 Å². The zero-order valence-electron chi connectivity index (χ0n) is 10.8. The van der Waals surface area contributed by atoms with Crippen molar-refractivity contribution >= 4 is 16.7 Å². The van der Waals surface area contributed by atoms with Gasteiger partial charge in [-0.15, -0.1) is 0 Å². The van der Waals surface area contributed by atoms with E-state index in [1.54, 1.807) is 0 Å². The van der Waals surface area contributed by atoms with E-state index in [9.17, 15) is 17.8 Å². The SMILES string of the molecule is CC1(C)CN(C(=O)c2ccc(F)cc2F)CC[S@@]1=O. The highest BCUT2D eigenvalue weighted by Crippen LogP contribution is 2.22. The molecule has 0 radical (unpaired) electrons. The van der Waals surface area contributed by atoms with Crippen LogP contribution >= 0.6 is 0 Å². The third-order valence-electron chi connectivity index (χ3n) is 3.18. The number of amides is 1. The minimum Gasteiger partial charge on any atom is -0.336 e. The van der Waals surface area contributed by atoms with E-state index in [-0.39, 0.29) is 5.56 Å². The number of carbonyl (C=O) groups excluding carboxylic acids is 1. The molecule has 1 aliphatic rings. The number of hydrogen-bond donors (Lipinski definition) is 0. The third kappa shape index (κ3) is 2.83. The van der Waals surface area contributed by atoms with Crippen LogP contribution in [0.3, 0.4) is 0 Å². The van der Waals surface area contributed by atoms with Gasteiger partial charge in [0.15, 0.2) is 0 Å². The summed E-state index contributed by atoms with van der Waals surface area (Å²) in [5.74, 6) is -1.69. The monoisotopic (exact) mass is 287 g/mol. The second kappa shape index (κ2) is 5.00. The Bertz CT molecular complexity index is 545. The predicted molar refractivity (Wildman–Crippen MR) is 69.3 cm³/mol. The molecule has 3 nitrogen and oxygen atoms in total. The largest absolute Gasteiger partial charge is 0.336 e. The lowest BCUT2D eigenvalue weighted by molar-refractivity contribution is 0.0741. The highest BCUT2D eigenvalue weighted by molar-refractivity contribution is 7.86. The molecule has 1 saturated heterocycles. The van der Waals surface area contributed by atoms with Crippen LogP contribution in [0.25, 0.3) is 0 Å². The molecule has 1 aliphatic heterocycles. The first kappa shape index (κ1) is 14.1. The Kier molecular flexibility index (Phi) is 3.71. The van der Waals surface area contributed by atoms with Gasteiger partial charge in [0.25, 0.3) is 5.91 Å². The quantitative estimate of drug-likeness (QED) is 0.791. The molecule has 0 bridgehead atoms. The molecule has 0 aromatic heterocycles. The molecule has 104 valence electrons. The minimum atomic E-state index is -1.00. The van der Waals surface area contributed by atoms with Gasteiger partial charge in [-0.25, -0.2) is 8.78 Å². The fourth-order valence-corrected chi connectivity index (χ4v) is 3.33. The van der Waals surface area contributed by atoms with Crippen molar-refractivity contribution in [1.82, 2.24) is 4.90 Å². The standard InChI is InChI=1S/C13H15F2NO2S/c1-13(2)8-16(5-6-19(13)18)12(17)10-4-3-9(14)7-11(10)15/h3-4,7H,5-6,8H2,1-2H3/t19-/m0/s1. The van der Waals surface area contributed by atoms with Gasteiger partial charge in [-0.05, 0) is 26.0 Å². The van der Waals surface area contributed by atoms with Crippen LogP contribution in [-0.4, -0.2) is 38.6 Å². The van der Waals surface area contributed by atoms with Gasteiger partial charge in [0.2, 0.25) is 0 Å². The maximum atomic E-state index is 13.6. The molecule has 1 atom stereocenters. The summed E-state index contributed by atoms with van der Waals surface area (Å²) in [6.45, 7) is 4.24. The Hall–Kier alpha value is -1.30. The lowest BCUT2D eigenvalue weighted by Crippen LogP contribution is -2.52. The maximum absolute atomic E-state index is 13.6. The van der Waals surface area contributed by atoms with Crippen molar-refractivity contribution in [2.45, 2.75) is 18.6 Å². The van der Waals surface area contributed by atoms with Gasteiger partial charge < -0.3 is 4.90 Å². The highest BCUT2D eigenvalue weighted by Gasteiger charge is 2.36. The van der Waals surface area contributed by atoms with Crippen LogP contribution in [0.5, 0.6) is 0 Å². The topological polar surface area (TPSA) is 37.4 Å². The van der Waals surface area contributed by atoms with Crippen molar-refractivity contribution < 1.29 is 17.8 Å². The van der Waals surface area contributed by atoms with E-state index >= 15 is 0 Å². The number of benzene rings is 1. The second-order valence-corrected chi connectivity index (χ2v) is 7.36. The van der Waals surface area contributed by atoms with Crippen LogP contribution in [0, 0.1) is 11.6 Å². The fourth-order valence-electron chi connectivity index (χ4n) is 2.09. The number of rotatable bonds is 1. The number of nitrogens with zero attached hydrogens (tertiary/aromatic N) is 1. The van der Waals surface area contributed by atoms with Crippen LogP contribution < -0.4 is 0 Å². The molecule has 0 unspecified atom stereocenters. The molecule has 1 aromatic rings. The van der Waals surface area contributed by atoms with Crippen molar-refractivity contribution in [3.63, 3.8) is 0 Å². The van der Waals surface area contributed by atoms with E-state index < -0.39 is 33.1 Å². The van der Waals surface area contributed by atoms with Crippen molar-refractivity contribution in [3.05, 3.63) is 35.4 Å². The molecule has 0 spiro atoms. The van der Waals surface area contributed by atoms with Gasteiger partial charge in [0, 0.05) is 35.7 Å². The Morgan fingerprint density at radius 3 is 2.63 bits per heavy atom. The molecule has 0 N–H and O–H groups in total. The molecular weight excluding hydrogens is 272 g/mol. The average Bonchev–Trinajstić information content (AvgIpc) is 2.32. The van der Waals surface area contributed by atoms with Crippen molar-refractivity contribution in [2.75, 3.05) is 18.8 Å². The highest BCUT2D eigenvalue weighted by atomic mass is 32.2. The Morgan fingerprint density at radius 2 is 2.05 bits per heavy atom. The molecule has 1 amide bonds. The van der Waals surface area contributed by atoms with Gasteiger partial charge >= 0.3 is 0 Å². The minimum absolute atomic E-state index is 0.148. The molecule has 19 heavy (non-hydrogen) atoms. The summed E-state index contributed by atoms with van der Waals surface area (Å²) in [6.07, 6.45) is 0. The molecule has 6 heteroatoms. The first-order chi connectivity index (χ1) is 8.81. The Labute approximate surface area is 113 Å². The van der Waals surface area contributed by atoms with Crippen molar-refractivity contribution in [3.8, 4) is 0 Å². The van der Waals surface area contributed by atoms with E-state index in [4.69, 9.17) is 0 Å². The molecule has 1 aromatic carbocycles. The van der Waals surface area contributed by atoms with Crippen molar-refractivity contribution in [2.24, 2.45) is 0 Å². The van der Waals surface area contributed by atoms with E-state index in [1.165, 1.54) is 4.90 Å². The third-order valence-corrected chi connectivity index (χ3v) is 5.10. The van der Waals surface area contributed by atoms with Gasteiger partial charge in [-0.2, -0.15) is 0 Å². The lowest BCUT2D eigenvalue weighted by atomic mass is 10.1. The summed E-state index contributed by atoms with van der Waals surface area (Å²) < 4.78 is 37.7. The first-order valence-corrected chi connectivity index (χ1v) is 7.26. The van der Waals surface area contributed by atoms with E-state index in [0.717, 1.165) is 12.1 Å². The molecule has 0 aliphatic carbocycles. The van der Waals surface area contributed by atoms with Crippen LogP contribution in [0.4, 0.5) is 8.78 Å². The number of carbonyl (C=O) groups is 1. The zero-order chi connectivity index (χ0) is 14.2. The molecule has 0 saturated carbocycles. The summed E-state index contributed by atoms with van der Waals surface area (Å²) >= 11 is 0. The molecular formula is C13H15F2NO2S. The Balaban J connectivity index is 2.23. The molecule has 1 heterocycles. The zero-order valence-corrected chi connectivity index (χ0v) is 11.6. The summed E-state index contributed by atoms with van der Waals surface area (Å²) in [5.41, 5.74) is -0.148. The van der Waals surface area contributed by atoms with Crippen LogP contribution in [0.15, 0.2) is 18.2 Å². The van der Waals surface area contributed by atoms with Crippen LogP contribution in [-0.2, 0) is 10.8 Å². The number of hydrogen-bond acceptors (Lipinski definition) is 2. The lowest BCUT2D eigenvalue weighted by Gasteiger charge is -2.37. The van der Waals surface area contributed by atoms with Gasteiger partial charge in [-0.1, -0.05) is 0 Å². The summed E-state index contributed by atoms with van der Waals surface area (Å²) in [6, 6.07) is 2.90. The first-order valence-electron chi connectivity index (χ1n) is 5.94. The van der Waals surface area contributed by atoms with E-state index in [2.05, 4.69) is 0 Å². The maximum Gasteiger partial charge on any atom is 0.256 e. The average molecular weight is 287 g/mol. The molecule has 1 fully saturated rings. The van der Waals surface area contributed by atoms with Gasteiger partial charge in [-0.3, -0.25) is 9.00 Å². The Morgan fingerprint density at radius 1 is 1.37 bits per heavy atom. The summed E-state index contributed by atoms with van der Waals surface area (Å²) in [5, 5.41) is 0. The van der Waals surface area contributed by atoms with Crippen LogP contribution in [0.1, 0.15) is 24.2 Å². The van der Waals surface area contributed by atoms with Crippen LogP contribution in [0.2, 0.25) is 0 Å². The van der Waals surface area contributed by atoms with Crippen molar-refractivity contribution in [1.29, 1.82) is 0 Å². The number of halogens is 2. The molecule has 2 rings (SSSR count). The summed E-state index contributed by atoms with van der Waals surface area (Å²) in [7, 11) is -1.00. The van der Waals surface area contributed by atoms with Gasteiger partial charge in [0.05, 0.1) is 10.3 Å². The predicted octanol–water partition coefficient (Wildman–Crippen LogP) is 1.95. The fraction of sp³-hybridized carbons (Fsp3) is 0.462.